The molecule has 1 aliphatic rings. The zero-order valence-corrected chi connectivity index (χ0v) is 17.9. The number of hydrogen-bond acceptors (Lipinski definition) is 6. The monoisotopic (exact) mass is 418 g/mol. The summed E-state index contributed by atoms with van der Waals surface area (Å²) in [4.78, 5) is 8.74. The minimum Gasteiger partial charge on any atom is -0.493 e. The molecule has 7 heteroatoms. The lowest BCUT2D eigenvalue weighted by Crippen LogP contribution is -2.22. The number of nitrogens with two attached hydrogens (primary N) is 1. The van der Waals surface area contributed by atoms with Crippen molar-refractivity contribution in [3.05, 3.63) is 66.1 Å². The van der Waals surface area contributed by atoms with Gasteiger partial charge in [0.15, 0.2) is 0 Å². The third-order valence-electron chi connectivity index (χ3n) is 4.89. The number of fused-ring (bicyclic) bond motifs is 2. The Bertz CT molecular complexity index is 1090. The van der Waals surface area contributed by atoms with Gasteiger partial charge in [-0.1, -0.05) is 26.8 Å². The van der Waals surface area contributed by atoms with Crippen LogP contribution in [0.15, 0.2) is 55.0 Å². The molecule has 3 aromatic rings. The summed E-state index contributed by atoms with van der Waals surface area (Å²) in [7, 11) is 0. The topological polar surface area (TPSA) is 103 Å². The van der Waals surface area contributed by atoms with Crippen LogP contribution in [-0.4, -0.2) is 29.2 Å². The zero-order chi connectivity index (χ0) is 22.0. The van der Waals surface area contributed by atoms with E-state index in [2.05, 4.69) is 30.7 Å². The summed E-state index contributed by atoms with van der Waals surface area (Å²) in [5, 5.41) is 7.51. The van der Waals surface area contributed by atoms with E-state index in [0.29, 0.717) is 18.2 Å². The molecule has 3 heterocycles. The minimum absolute atomic E-state index is 0.0404. The summed E-state index contributed by atoms with van der Waals surface area (Å²) in [6.07, 6.45) is 5.29. The second-order valence-electron chi connectivity index (χ2n) is 8.74. The molecule has 0 fully saturated rings. The highest BCUT2D eigenvalue weighted by molar-refractivity contribution is 5.68. The van der Waals surface area contributed by atoms with Crippen molar-refractivity contribution in [1.29, 1.82) is 5.41 Å². The number of aromatic nitrogens is 2. The van der Waals surface area contributed by atoms with E-state index in [0.717, 1.165) is 28.0 Å². The number of pyridine rings is 2. The molecule has 1 atom stereocenters. The van der Waals surface area contributed by atoms with Crippen LogP contribution >= 0.6 is 0 Å². The second-order valence-corrected chi connectivity index (χ2v) is 8.74. The lowest BCUT2D eigenvalue weighted by atomic mass is 9.88. The SMILES string of the molecule is CC(C)(C)COc1ccc2c(c1)C(COC(=N)N)c1cc(-c3cccnc3)cnc1O2. The summed E-state index contributed by atoms with van der Waals surface area (Å²) >= 11 is 0. The highest BCUT2D eigenvalue weighted by Gasteiger charge is 2.30. The van der Waals surface area contributed by atoms with Crippen LogP contribution in [0.2, 0.25) is 0 Å². The fraction of sp³-hybridized carbons (Fsp3) is 0.292. The lowest BCUT2D eigenvalue weighted by Gasteiger charge is -2.28. The zero-order valence-electron chi connectivity index (χ0n) is 17.9. The standard InChI is InChI=1S/C24H26N4O3/c1-24(2,3)14-30-17-6-7-21-18(10-17)20(13-29-23(25)26)19-9-16(12-28-22(19)31-21)15-5-4-8-27-11-15/h4-12,20H,13-14H2,1-3H3,(H3,25,26). The van der Waals surface area contributed by atoms with E-state index < -0.39 is 0 Å². The number of benzene rings is 1. The second kappa shape index (κ2) is 8.26. The Balaban J connectivity index is 1.73. The van der Waals surface area contributed by atoms with Crippen molar-refractivity contribution in [1.82, 2.24) is 9.97 Å². The van der Waals surface area contributed by atoms with Gasteiger partial charge >= 0.3 is 0 Å². The number of hydrogen-bond donors (Lipinski definition) is 2. The summed E-state index contributed by atoms with van der Waals surface area (Å²) < 4.78 is 17.5. The molecule has 3 N–H and O–H groups in total. The maximum atomic E-state index is 7.51. The van der Waals surface area contributed by atoms with Gasteiger partial charge in [-0.25, -0.2) is 4.98 Å². The van der Waals surface area contributed by atoms with Crippen molar-refractivity contribution in [2.75, 3.05) is 13.2 Å². The average molecular weight is 418 g/mol. The molecule has 0 amide bonds. The highest BCUT2D eigenvalue weighted by Crippen LogP contribution is 2.45. The van der Waals surface area contributed by atoms with Gasteiger partial charge in [-0.3, -0.25) is 10.4 Å². The van der Waals surface area contributed by atoms with Crippen molar-refractivity contribution < 1.29 is 14.2 Å². The van der Waals surface area contributed by atoms with E-state index in [1.165, 1.54) is 0 Å². The van der Waals surface area contributed by atoms with Gasteiger partial charge in [0.1, 0.15) is 18.1 Å². The Morgan fingerprint density at radius 2 is 1.97 bits per heavy atom. The van der Waals surface area contributed by atoms with Crippen molar-refractivity contribution in [2.24, 2.45) is 11.1 Å². The molecule has 2 aromatic heterocycles. The van der Waals surface area contributed by atoms with Crippen LogP contribution in [-0.2, 0) is 4.74 Å². The van der Waals surface area contributed by atoms with Crippen LogP contribution in [0.25, 0.3) is 11.1 Å². The van der Waals surface area contributed by atoms with E-state index in [-0.39, 0.29) is 24.0 Å². The van der Waals surface area contributed by atoms with E-state index in [4.69, 9.17) is 25.4 Å². The number of ether oxygens (including phenoxy) is 3. The largest absolute Gasteiger partial charge is 0.493 e. The first-order valence-electron chi connectivity index (χ1n) is 10.1. The van der Waals surface area contributed by atoms with Gasteiger partial charge in [-0.15, -0.1) is 0 Å². The molecule has 0 saturated heterocycles. The van der Waals surface area contributed by atoms with E-state index in [1.807, 2.05) is 36.4 Å². The quantitative estimate of drug-likeness (QED) is 0.459. The average Bonchev–Trinajstić information content (AvgIpc) is 2.75. The van der Waals surface area contributed by atoms with Crippen LogP contribution in [0.1, 0.15) is 37.8 Å². The molecule has 0 bridgehead atoms. The Kier molecular flexibility index (Phi) is 5.50. The predicted molar refractivity (Wildman–Crippen MR) is 119 cm³/mol. The molecule has 0 spiro atoms. The van der Waals surface area contributed by atoms with Crippen LogP contribution in [0.5, 0.6) is 17.4 Å². The van der Waals surface area contributed by atoms with Gasteiger partial charge in [-0.2, -0.15) is 0 Å². The summed E-state index contributed by atoms with van der Waals surface area (Å²) in [6, 6.07) is 11.3. The molecule has 1 unspecified atom stereocenters. The molecule has 0 saturated carbocycles. The maximum Gasteiger partial charge on any atom is 0.279 e. The summed E-state index contributed by atoms with van der Waals surface area (Å²) in [5.41, 5.74) is 9.17. The van der Waals surface area contributed by atoms with Gasteiger partial charge in [-0.05, 0) is 35.7 Å². The number of amidine groups is 1. The Labute approximate surface area is 181 Å². The molecule has 160 valence electrons. The van der Waals surface area contributed by atoms with Crippen LogP contribution in [0.3, 0.4) is 0 Å². The highest BCUT2D eigenvalue weighted by atomic mass is 16.5. The van der Waals surface area contributed by atoms with E-state index >= 15 is 0 Å². The Morgan fingerprint density at radius 1 is 1.13 bits per heavy atom. The third kappa shape index (κ3) is 4.77. The summed E-state index contributed by atoms with van der Waals surface area (Å²) in [6.45, 7) is 7.16. The molecular weight excluding hydrogens is 392 g/mol. The van der Waals surface area contributed by atoms with Gasteiger partial charge in [0.25, 0.3) is 6.02 Å². The number of nitrogens with one attached hydrogen (secondary N) is 1. The lowest BCUT2D eigenvalue weighted by molar-refractivity contribution is 0.197. The first-order valence-corrected chi connectivity index (χ1v) is 10.1. The molecule has 0 radical (unpaired) electrons. The van der Waals surface area contributed by atoms with Crippen molar-refractivity contribution in [3.63, 3.8) is 0 Å². The van der Waals surface area contributed by atoms with Gasteiger partial charge in [0, 0.05) is 40.8 Å². The normalized spacial score (nSPS) is 14.7. The third-order valence-corrected chi connectivity index (χ3v) is 4.89. The summed E-state index contributed by atoms with van der Waals surface area (Å²) in [5.74, 6) is 1.74. The minimum atomic E-state index is -0.328. The fourth-order valence-corrected chi connectivity index (χ4v) is 3.40. The van der Waals surface area contributed by atoms with Crippen molar-refractivity contribution in [3.8, 4) is 28.5 Å². The van der Waals surface area contributed by atoms with Crippen molar-refractivity contribution in [2.45, 2.75) is 26.7 Å². The maximum absolute atomic E-state index is 7.51. The molecular formula is C24H26N4O3. The molecule has 7 nitrogen and oxygen atoms in total. The first-order chi connectivity index (χ1) is 14.8. The Hall–Kier alpha value is -3.61. The van der Waals surface area contributed by atoms with Crippen LogP contribution in [0.4, 0.5) is 0 Å². The first kappa shape index (κ1) is 20.7. The number of rotatable bonds is 5. The smallest absolute Gasteiger partial charge is 0.279 e. The molecule has 0 aliphatic carbocycles. The molecule has 4 rings (SSSR count). The fourth-order valence-electron chi connectivity index (χ4n) is 3.40. The van der Waals surface area contributed by atoms with Crippen molar-refractivity contribution >= 4 is 6.02 Å². The van der Waals surface area contributed by atoms with Gasteiger partial charge in [0.2, 0.25) is 5.88 Å². The van der Waals surface area contributed by atoms with Crippen LogP contribution < -0.4 is 15.2 Å². The Morgan fingerprint density at radius 3 is 2.68 bits per heavy atom. The number of nitrogens with zero attached hydrogens (tertiary/aromatic N) is 2. The van der Waals surface area contributed by atoms with Crippen LogP contribution in [0, 0.1) is 10.8 Å². The van der Waals surface area contributed by atoms with Gasteiger partial charge in [0.05, 0.1) is 12.5 Å². The molecule has 1 aromatic carbocycles. The molecule has 1 aliphatic heterocycles. The van der Waals surface area contributed by atoms with E-state index in [1.54, 1.807) is 18.6 Å². The predicted octanol–water partition coefficient (Wildman–Crippen LogP) is 4.72. The molecule has 31 heavy (non-hydrogen) atoms. The van der Waals surface area contributed by atoms with Gasteiger partial charge < -0.3 is 19.9 Å². The van der Waals surface area contributed by atoms with E-state index in [9.17, 15) is 0 Å².